The molecule has 1 amide bonds. The predicted molar refractivity (Wildman–Crippen MR) is 99.2 cm³/mol. The van der Waals surface area contributed by atoms with Crippen LogP contribution in [-0.4, -0.2) is 42.4 Å². The van der Waals surface area contributed by atoms with Crippen LogP contribution < -0.4 is 0 Å². The fraction of sp³-hybridized carbons (Fsp3) is 0.650. The van der Waals surface area contributed by atoms with Crippen LogP contribution in [0.15, 0.2) is 24.3 Å². The quantitative estimate of drug-likeness (QED) is 0.810. The van der Waals surface area contributed by atoms with E-state index < -0.39 is 0 Å². The number of amides is 1. The molecule has 3 atom stereocenters. The summed E-state index contributed by atoms with van der Waals surface area (Å²) in [4.78, 5) is 17.1. The molecule has 4 rings (SSSR count). The second-order valence-electron chi connectivity index (χ2n) is 8.02. The monoisotopic (exact) mass is 366 g/mol. The first kappa shape index (κ1) is 18.7. The van der Waals surface area contributed by atoms with Gasteiger partial charge in [-0.2, -0.15) is 0 Å². The summed E-state index contributed by atoms with van der Waals surface area (Å²) in [6.45, 7) is 2.72. The normalized spacial score (nSPS) is 29.7. The molecule has 25 heavy (non-hydrogen) atoms. The van der Waals surface area contributed by atoms with Crippen molar-refractivity contribution in [1.82, 2.24) is 9.80 Å². The van der Waals surface area contributed by atoms with Gasteiger partial charge in [0.2, 0.25) is 5.91 Å². The maximum atomic E-state index is 13.6. The number of carbonyl (C=O) groups excluding carboxylic acids is 1. The van der Waals surface area contributed by atoms with Crippen molar-refractivity contribution < 1.29 is 9.18 Å². The summed E-state index contributed by atoms with van der Waals surface area (Å²) >= 11 is 0. The highest BCUT2D eigenvalue weighted by Crippen LogP contribution is 2.44. The van der Waals surface area contributed by atoms with E-state index in [0.717, 1.165) is 31.6 Å². The zero-order valence-electron chi connectivity index (χ0n) is 14.9. The fourth-order valence-electron chi connectivity index (χ4n) is 5.24. The molecule has 2 saturated heterocycles. The minimum atomic E-state index is -0.170. The number of hydrogen-bond acceptors (Lipinski definition) is 2. The first-order valence-corrected chi connectivity index (χ1v) is 9.35. The molecule has 1 aliphatic carbocycles. The van der Waals surface area contributed by atoms with Gasteiger partial charge in [-0.1, -0.05) is 25.0 Å². The minimum Gasteiger partial charge on any atom is -0.342 e. The Bertz CT molecular complexity index is 619. The van der Waals surface area contributed by atoms with E-state index in [1.165, 1.54) is 31.7 Å². The summed E-state index contributed by atoms with van der Waals surface area (Å²) in [5.74, 6) is 1.74. The van der Waals surface area contributed by atoms with Gasteiger partial charge in [-0.25, -0.2) is 4.39 Å². The fourth-order valence-corrected chi connectivity index (χ4v) is 5.24. The first-order valence-electron chi connectivity index (χ1n) is 9.35. The molecule has 0 aromatic heterocycles. The largest absolute Gasteiger partial charge is 0.342 e. The van der Waals surface area contributed by atoms with Crippen molar-refractivity contribution in [2.24, 2.45) is 17.8 Å². The van der Waals surface area contributed by atoms with E-state index in [0.29, 0.717) is 23.7 Å². The lowest BCUT2D eigenvalue weighted by Crippen LogP contribution is -2.34. The Balaban J connectivity index is 0.00000182. The van der Waals surface area contributed by atoms with Gasteiger partial charge in [-0.15, -0.1) is 12.4 Å². The van der Waals surface area contributed by atoms with Crippen molar-refractivity contribution in [3.63, 3.8) is 0 Å². The van der Waals surface area contributed by atoms with Gasteiger partial charge >= 0.3 is 0 Å². The van der Waals surface area contributed by atoms with Crippen molar-refractivity contribution >= 4 is 18.3 Å². The number of nitrogens with zero attached hydrogens (tertiary/aromatic N) is 2. The zero-order chi connectivity index (χ0) is 16.7. The Hall–Kier alpha value is -1.13. The molecule has 138 valence electrons. The van der Waals surface area contributed by atoms with Gasteiger partial charge in [-0.05, 0) is 49.4 Å². The molecule has 0 unspecified atom stereocenters. The van der Waals surface area contributed by atoms with Gasteiger partial charge in [0.1, 0.15) is 5.82 Å². The molecule has 2 aliphatic heterocycles. The van der Waals surface area contributed by atoms with Crippen molar-refractivity contribution in [1.29, 1.82) is 0 Å². The highest BCUT2D eigenvalue weighted by molar-refractivity contribution is 5.85. The number of carbonyl (C=O) groups is 1. The molecule has 0 N–H and O–H groups in total. The maximum Gasteiger partial charge on any atom is 0.222 e. The van der Waals surface area contributed by atoms with Crippen molar-refractivity contribution in [2.75, 3.05) is 26.7 Å². The summed E-state index contributed by atoms with van der Waals surface area (Å²) < 4.78 is 13.6. The summed E-state index contributed by atoms with van der Waals surface area (Å²) in [5.41, 5.74) is 1.05. The van der Waals surface area contributed by atoms with Crippen molar-refractivity contribution in [3.05, 3.63) is 35.6 Å². The SMILES string of the molecule is CN1C[C@H]2CN(C(=O)CC3CCCC3)C[C@H]2[C@@H]1c1cccc(F)c1.Cl. The third-order valence-corrected chi connectivity index (χ3v) is 6.38. The smallest absolute Gasteiger partial charge is 0.222 e. The molecule has 2 heterocycles. The average molecular weight is 367 g/mol. The Morgan fingerprint density at radius 2 is 1.96 bits per heavy atom. The summed E-state index contributed by atoms with van der Waals surface area (Å²) in [5, 5.41) is 0. The van der Waals surface area contributed by atoms with Crippen LogP contribution in [0.4, 0.5) is 4.39 Å². The van der Waals surface area contributed by atoms with E-state index in [1.807, 2.05) is 6.07 Å². The van der Waals surface area contributed by atoms with E-state index in [-0.39, 0.29) is 24.3 Å². The highest BCUT2D eigenvalue weighted by Gasteiger charge is 2.47. The van der Waals surface area contributed by atoms with Crippen LogP contribution in [0.25, 0.3) is 0 Å². The van der Waals surface area contributed by atoms with Crippen LogP contribution in [0.1, 0.15) is 43.7 Å². The van der Waals surface area contributed by atoms with Crippen LogP contribution in [0.3, 0.4) is 0 Å². The molecule has 1 aromatic rings. The third kappa shape index (κ3) is 3.70. The third-order valence-electron chi connectivity index (χ3n) is 6.38. The second-order valence-corrected chi connectivity index (χ2v) is 8.02. The molecule has 3 nitrogen and oxygen atoms in total. The average Bonchev–Trinajstić information content (AvgIpc) is 3.23. The van der Waals surface area contributed by atoms with E-state index >= 15 is 0 Å². The Kier molecular flexibility index (Phi) is 5.69. The molecule has 0 bridgehead atoms. The number of rotatable bonds is 3. The van der Waals surface area contributed by atoms with Gasteiger partial charge in [-0.3, -0.25) is 9.69 Å². The number of halogens is 2. The Morgan fingerprint density at radius 3 is 2.68 bits per heavy atom. The van der Waals surface area contributed by atoms with Crippen LogP contribution in [0.2, 0.25) is 0 Å². The number of likely N-dealkylation sites (tertiary alicyclic amines) is 2. The van der Waals surface area contributed by atoms with Crippen LogP contribution in [0.5, 0.6) is 0 Å². The standard InChI is InChI=1S/C20H27FN2O.ClH/c1-22-11-16-12-23(19(24)9-14-5-2-3-6-14)13-18(16)20(22)15-7-4-8-17(21)10-15;/h4,7-8,10,14,16,18,20H,2-3,5-6,9,11-13H2,1H3;1H/t16-,18+,20-;/m0./s1. The van der Waals surface area contributed by atoms with Crippen molar-refractivity contribution in [3.8, 4) is 0 Å². The van der Waals surface area contributed by atoms with E-state index in [4.69, 9.17) is 0 Å². The lowest BCUT2D eigenvalue weighted by Gasteiger charge is -2.27. The van der Waals surface area contributed by atoms with Gasteiger partial charge in [0.15, 0.2) is 0 Å². The van der Waals surface area contributed by atoms with Crippen molar-refractivity contribution in [2.45, 2.75) is 38.1 Å². The molecule has 1 saturated carbocycles. The van der Waals surface area contributed by atoms with Gasteiger partial charge in [0, 0.05) is 38.0 Å². The first-order chi connectivity index (χ1) is 11.6. The lowest BCUT2D eigenvalue weighted by molar-refractivity contribution is -0.131. The summed E-state index contributed by atoms with van der Waals surface area (Å²) in [6.07, 6.45) is 5.76. The number of hydrogen-bond donors (Lipinski definition) is 0. The molecule has 1 aromatic carbocycles. The van der Waals surface area contributed by atoms with E-state index in [2.05, 4.69) is 16.8 Å². The van der Waals surface area contributed by atoms with Crippen LogP contribution in [0, 0.1) is 23.6 Å². The predicted octanol–water partition coefficient (Wildman–Crippen LogP) is 3.89. The Labute approximate surface area is 156 Å². The van der Waals surface area contributed by atoms with E-state index in [9.17, 15) is 9.18 Å². The maximum absolute atomic E-state index is 13.6. The van der Waals surface area contributed by atoms with E-state index in [1.54, 1.807) is 12.1 Å². The van der Waals surface area contributed by atoms with Gasteiger partial charge in [0.25, 0.3) is 0 Å². The summed E-state index contributed by atoms with van der Waals surface area (Å²) in [6, 6.07) is 7.21. The minimum absolute atomic E-state index is 0. The zero-order valence-corrected chi connectivity index (χ0v) is 15.7. The topological polar surface area (TPSA) is 23.6 Å². The summed E-state index contributed by atoms with van der Waals surface area (Å²) in [7, 11) is 2.12. The molecule has 0 spiro atoms. The molecular formula is C20H28ClFN2O. The molecule has 0 radical (unpaired) electrons. The lowest BCUT2D eigenvalue weighted by atomic mass is 9.89. The van der Waals surface area contributed by atoms with Crippen LogP contribution in [-0.2, 0) is 4.79 Å². The number of benzene rings is 1. The van der Waals surface area contributed by atoms with Gasteiger partial charge < -0.3 is 4.90 Å². The number of fused-ring (bicyclic) bond motifs is 1. The second kappa shape index (κ2) is 7.63. The molecular weight excluding hydrogens is 339 g/mol. The molecule has 3 fully saturated rings. The highest BCUT2D eigenvalue weighted by atomic mass is 35.5. The molecule has 3 aliphatic rings. The Morgan fingerprint density at radius 1 is 1.20 bits per heavy atom. The van der Waals surface area contributed by atoms with Crippen LogP contribution >= 0.6 is 12.4 Å². The molecule has 5 heteroatoms. The van der Waals surface area contributed by atoms with Gasteiger partial charge in [0.05, 0.1) is 0 Å².